The Morgan fingerprint density at radius 1 is 0.935 bits per heavy atom. The smallest absolute Gasteiger partial charge is 0.339 e. The Morgan fingerprint density at radius 3 is 2.35 bits per heavy atom. The Morgan fingerprint density at radius 2 is 1.65 bits per heavy atom. The Bertz CT molecular complexity index is 1240. The van der Waals surface area contributed by atoms with E-state index in [1.807, 2.05) is 18.2 Å². The third kappa shape index (κ3) is 3.48. The third-order valence-corrected chi connectivity index (χ3v) is 5.07. The zero-order chi connectivity index (χ0) is 22.1. The van der Waals surface area contributed by atoms with Crippen LogP contribution in [-0.2, 0) is 14.3 Å². The minimum Gasteiger partial charge on any atom is -0.465 e. The summed E-state index contributed by atoms with van der Waals surface area (Å²) in [6.07, 6.45) is 0. The van der Waals surface area contributed by atoms with Crippen molar-refractivity contribution in [2.75, 3.05) is 31.0 Å². The molecule has 0 aliphatic carbocycles. The van der Waals surface area contributed by atoms with Gasteiger partial charge in [-0.1, -0.05) is 24.3 Å². The second-order valence-corrected chi connectivity index (χ2v) is 6.86. The first-order chi connectivity index (χ1) is 14.9. The van der Waals surface area contributed by atoms with E-state index in [0.717, 1.165) is 10.8 Å². The molecule has 2 amide bonds. The average Bonchev–Trinajstić information content (AvgIpc) is 3.06. The molecule has 3 aromatic carbocycles. The highest BCUT2D eigenvalue weighted by molar-refractivity contribution is 6.26. The fourth-order valence-electron chi connectivity index (χ4n) is 3.65. The molecular formula is C23H18N2O6. The number of ether oxygens (including phenoxy) is 2. The van der Waals surface area contributed by atoms with Crippen molar-refractivity contribution in [3.63, 3.8) is 0 Å². The summed E-state index contributed by atoms with van der Waals surface area (Å²) in [6.45, 7) is -0.268. The van der Waals surface area contributed by atoms with Gasteiger partial charge in [0.2, 0.25) is 5.91 Å². The molecule has 0 saturated heterocycles. The lowest BCUT2D eigenvalue weighted by atomic mass is 10.1. The van der Waals surface area contributed by atoms with Gasteiger partial charge in [-0.05, 0) is 35.7 Å². The standard InChI is InChI=1S/C23H18N2O6/c1-30-22(28)14-9-10-15(23(29)31-2)17(11-14)24-19(26)12-25-18-8-4-6-13-5-3-7-16(20(13)18)21(25)27/h3-11H,12H2,1-2H3,(H,24,26). The van der Waals surface area contributed by atoms with Crippen LogP contribution in [0.3, 0.4) is 0 Å². The third-order valence-electron chi connectivity index (χ3n) is 5.07. The molecule has 0 aromatic heterocycles. The van der Waals surface area contributed by atoms with E-state index in [-0.39, 0.29) is 29.3 Å². The van der Waals surface area contributed by atoms with Crippen molar-refractivity contribution in [3.05, 3.63) is 71.3 Å². The van der Waals surface area contributed by atoms with Crippen molar-refractivity contribution in [2.45, 2.75) is 0 Å². The Hall–Kier alpha value is -4.20. The highest BCUT2D eigenvalue weighted by Crippen LogP contribution is 2.37. The minimum atomic E-state index is -0.680. The lowest BCUT2D eigenvalue weighted by Crippen LogP contribution is -2.35. The Balaban J connectivity index is 1.62. The molecule has 0 atom stereocenters. The molecule has 8 nitrogen and oxygen atoms in total. The maximum atomic E-state index is 12.9. The maximum Gasteiger partial charge on any atom is 0.339 e. The molecule has 0 radical (unpaired) electrons. The van der Waals surface area contributed by atoms with Gasteiger partial charge in [-0.3, -0.25) is 14.5 Å². The number of carbonyl (C=O) groups excluding carboxylic acids is 4. The van der Waals surface area contributed by atoms with Crippen molar-refractivity contribution < 1.29 is 28.7 Å². The minimum absolute atomic E-state index is 0.0710. The van der Waals surface area contributed by atoms with E-state index in [0.29, 0.717) is 11.3 Å². The topological polar surface area (TPSA) is 102 Å². The van der Waals surface area contributed by atoms with Crippen LogP contribution in [0.1, 0.15) is 31.1 Å². The Kier molecular flexibility index (Phi) is 5.12. The fourth-order valence-corrected chi connectivity index (χ4v) is 3.65. The van der Waals surface area contributed by atoms with Crippen LogP contribution in [0, 0.1) is 0 Å². The highest BCUT2D eigenvalue weighted by Gasteiger charge is 2.31. The molecule has 4 rings (SSSR count). The Labute approximate surface area is 177 Å². The zero-order valence-corrected chi connectivity index (χ0v) is 16.8. The molecule has 0 bridgehead atoms. The van der Waals surface area contributed by atoms with Gasteiger partial charge in [-0.2, -0.15) is 0 Å². The number of benzene rings is 3. The van der Waals surface area contributed by atoms with Crippen LogP contribution in [0.4, 0.5) is 11.4 Å². The number of rotatable bonds is 5. The molecule has 8 heteroatoms. The van der Waals surface area contributed by atoms with Crippen molar-refractivity contribution in [2.24, 2.45) is 0 Å². The highest BCUT2D eigenvalue weighted by atomic mass is 16.5. The molecule has 3 aromatic rings. The van der Waals surface area contributed by atoms with Crippen LogP contribution in [0.5, 0.6) is 0 Å². The molecule has 31 heavy (non-hydrogen) atoms. The van der Waals surface area contributed by atoms with Crippen molar-refractivity contribution in [3.8, 4) is 0 Å². The number of anilines is 2. The number of carbonyl (C=O) groups is 4. The lowest BCUT2D eigenvalue weighted by molar-refractivity contribution is -0.114. The molecule has 0 saturated carbocycles. The molecule has 156 valence electrons. The lowest BCUT2D eigenvalue weighted by Gasteiger charge is -2.18. The van der Waals surface area contributed by atoms with Crippen LogP contribution in [-0.4, -0.2) is 44.5 Å². The summed E-state index contributed by atoms with van der Waals surface area (Å²) in [5.74, 6) is -2.12. The number of amides is 2. The van der Waals surface area contributed by atoms with Gasteiger partial charge in [0.05, 0.1) is 36.7 Å². The van der Waals surface area contributed by atoms with Gasteiger partial charge < -0.3 is 14.8 Å². The van der Waals surface area contributed by atoms with E-state index in [1.165, 1.54) is 37.3 Å². The van der Waals surface area contributed by atoms with Crippen LogP contribution >= 0.6 is 0 Å². The summed E-state index contributed by atoms with van der Waals surface area (Å²) in [7, 11) is 2.44. The SMILES string of the molecule is COC(=O)c1ccc(C(=O)OC)c(NC(=O)CN2C(=O)c3cccc4cccc2c34)c1. The van der Waals surface area contributed by atoms with E-state index in [9.17, 15) is 19.2 Å². The van der Waals surface area contributed by atoms with Crippen LogP contribution in [0.25, 0.3) is 10.8 Å². The number of hydrogen-bond acceptors (Lipinski definition) is 6. The summed E-state index contributed by atoms with van der Waals surface area (Å²) in [6, 6.07) is 15.0. The normalized spacial score (nSPS) is 12.1. The van der Waals surface area contributed by atoms with Gasteiger partial charge in [-0.25, -0.2) is 9.59 Å². The van der Waals surface area contributed by atoms with Gasteiger partial charge in [0.25, 0.3) is 5.91 Å². The van der Waals surface area contributed by atoms with Crippen molar-refractivity contribution in [1.29, 1.82) is 0 Å². The quantitative estimate of drug-likeness (QED) is 0.639. The van der Waals surface area contributed by atoms with Crippen LogP contribution < -0.4 is 10.2 Å². The molecule has 0 spiro atoms. The van der Waals surface area contributed by atoms with Gasteiger partial charge in [-0.15, -0.1) is 0 Å². The summed E-state index contributed by atoms with van der Waals surface area (Å²) >= 11 is 0. The average molecular weight is 418 g/mol. The fraction of sp³-hybridized carbons (Fsp3) is 0.130. The van der Waals surface area contributed by atoms with E-state index < -0.39 is 17.8 Å². The summed E-state index contributed by atoms with van der Waals surface area (Å²) in [4.78, 5) is 51.0. The predicted octanol–water partition coefficient (Wildman–Crippen LogP) is 3.01. The maximum absolute atomic E-state index is 12.9. The zero-order valence-electron chi connectivity index (χ0n) is 16.8. The number of nitrogens with zero attached hydrogens (tertiary/aromatic N) is 1. The van der Waals surface area contributed by atoms with Crippen LogP contribution in [0.2, 0.25) is 0 Å². The summed E-state index contributed by atoms with van der Waals surface area (Å²) in [5.41, 5.74) is 1.48. The first-order valence-electron chi connectivity index (χ1n) is 9.38. The molecular weight excluding hydrogens is 400 g/mol. The second-order valence-electron chi connectivity index (χ2n) is 6.86. The van der Waals surface area contributed by atoms with E-state index >= 15 is 0 Å². The van der Waals surface area contributed by atoms with E-state index in [1.54, 1.807) is 18.2 Å². The van der Waals surface area contributed by atoms with E-state index in [4.69, 9.17) is 9.47 Å². The number of methoxy groups -OCH3 is 2. The summed E-state index contributed by atoms with van der Waals surface area (Å²) < 4.78 is 9.44. The predicted molar refractivity (Wildman–Crippen MR) is 113 cm³/mol. The van der Waals surface area contributed by atoms with Crippen LogP contribution in [0.15, 0.2) is 54.6 Å². The number of nitrogens with one attached hydrogen (secondary N) is 1. The van der Waals surface area contributed by atoms with Gasteiger partial charge >= 0.3 is 11.9 Å². The van der Waals surface area contributed by atoms with E-state index in [2.05, 4.69) is 5.32 Å². The molecule has 1 heterocycles. The van der Waals surface area contributed by atoms with Gasteiger partial charge in [0.1, 0.15) is 6.54 Å². The largest absolute Gasteiger partial charge is 0.465 e. The molecule has 0 unspecified atom stereocenters. The molecule has 1 N–H and O–H groups in total. The molecule has 1 aliphatic heterocycles. The summed E-state index contributed by atoms with van der Waals surface area (Å²) in [5, 5.41) is 4.31. The number of hydrogen-bond donors (Lipinski definition) is 1. The second kappa shape index (κ2) is 7.91. The van der Waals surface area contributed by atoms with Gasteiger partial charge in [0, 0.05) is 10.9 Å². The first-order valence-corrected chi connectivity index (χ1v) is 9.38. The van der Waals surface area contributed by atoms with Crippen molar-refractivity contribution in [1.82, 2.24) is 0 Å². The van der Waals surface area contributed by atoms with Gasteiger partial charge in [0.15, 0.2) is 0 Å². The monoisotopic (exact) mass is 418 g/mol. The first kappa shape index (κ1) is 20.1. The molecule has 0 fully saturated rings. The van der Waals surface area contributed by atoms with Crippen molar-refractivity contribution >= 4 is 45.9 Å². The number of esters is 2. The molecule has 1 aliphatic rings.